The van der Waals surface area contributed by atoms with Crippen LogP contribution in [0, 0.1) is 5.92 Å². The van der Waals surface area contributed by atoms with Gasteiger partial charge in [0.2, 0.25) is 0 Å². The second-order valence-corrected chi connectivity index (χ2v) is 5.82. The molecule has 2 heterocycles. The molecule has 2 unspecified atom stereocenters. The second-order valence-electron chi connectivity index (χ2n) is 5.42. The van der Waals surface area contributed by atoms with E-state index >= 15 is 0 Å². The quantitative estimate of drug-likeness (QED) is 0.785. The molecular formula is C15H17ClN2O2. The third-order valence-corrected chi connectivity index (χ3v) is 4.64. The molecule has 0 spiro atoms. The van der Waals surface area contributed by atoms with Gasteiger partial charge in [0.05, 0.1) is 10.7 Å². The van der Waals surface area contributed by atoms with Gasteiger partial charge in [-0.15, -0.1) is 0 Å². The van der Waals surface area contributed by atoms with Gasteiger partial charge < -0.3 is 4.90 Å². The lowest BCUT2D eigenvalue weighted by atomic mass is 9.89. The molecule has 0 aliphatic carbocycles. The fourth-order valence-electron chi connectivity index (χ4n) is 3.10. The molecule has 3 amide bonds. The van der Waals surface area contributed by atoms with E-state index in [1.807, 2.05) is 0 Å². The summed E-state index contributed by atoms with van der Waals surface area (Å²) in [6.07, 6.45) is 2.79. The van der Waals surface area contributed by atoms with Crippen molar-refractivity contribution in [3.8, 4) is 0 Å². The maximum absolute atomic E-state index is 12.6. The molecular weight excluding hydrogens is 276 g/mol. The number of piperidine rings is 1. The van der Waals surface area contributed by atoms with Gasteiger partial charge in [0.1, 0.15) is 6.04 Å². The summed E-state index contributed by atoms with van der Waals surface area (Å²) in [5.74, 6) is 0.389. The third kappa shape index (κ3) is 1.99. The van der Waals surface area contributed by atoms with Crippen molar-refractivity contribution in [1.82, 2.24) is 4.90 Å². The van der Waals surface area contributed by atoms with E-state index in [1.54, 1.807) is 29.2 Å². The number of hydrogen-bond acceptors (Lipinski definition) is 2. The number of urea groups is 1. The Bertz CT molecular complexity index is 561. The van der Waals surface area contributed by atoms with Crippen LogP contribution in [0.25, 0.3) is 0 Å². The molecule has 3 rings (SSSR count). The summed E-state index contributed by atoms with van der Waals surface area (Å²) in [5.41, 5.74) is 0.492. The van der Waals surface area contributed by atoms with Gasteiger partial charge in [-0.05, 0) is 30.9 Å². The van der Waals surface area contributed by atoms with E-state index in [2.05, 4.69) is 6.92 Å². The number of amides is 3. The summed E-state index contributed by atoms with van der Waals surface area (Å²) in [4.78, 5) is 28.0. The second kappa shape index (κ2) is 5.09. The molecule has 0 N–H and O–H groups in total. The number of anilines is 1. The minimum absolute atomic E-state index is 0.138. The first kappa shape index (κ1) is 13.4. The number of halogens is 1. The molecule has 4 nitrogen and oxygen atoms in total. The van der Waals surface area contributed by atoms with Gasteiger partial charge in [0.15, 0.2) is 0 Å². The van der Waals surface area contributed by atoms with E-state index < -0.39 is 0 Å². The van der Waals surface area contributed by atoms with E-state index in [-0.39, 0.29) is 18.0 Å². The van der Waals surface area contributed by atoms with Crippen molar-refractivity contribution >= 4 is 29.2 Å². The highest BCUT2D eigenvalue weighted by Gasteiger charge is 2.48. The van der Waals surface area contributed by atoms with Crippen LogP contribution in [0.15, 0.2) is 24.3 Å². The predicted molar refractivity (Wildman–Crippen MR) is 77.8 cm³/mol. The number of fused-ring (bicyclic) bond motifs is 1. The number of para-hydroxylation sites is 1. The molecule has 2 aliphatic rings. The van der Waals surface area contributed by atoms with E-state index in [0.717, 1.165) is 19.3 Å². The highest BCUT2D eigenvalue weighted by Crippen LogP contribution is 2.36. The Hall–Kier alpha value is -1.55. The van der Waals surface area contributed by atoms with Crippen LogP contribution in [0.3, 0.4) is 0 Å². The van der Waals surface area contributed by atoms with Gasteiger partial charge in [0.25, 0.3) is 5.91 Å². The monoisotopic (exact) mass is 292 g/mol. The van der Waals surface area contributed by atoms with Crippen LogP contribution in [0.2, 0.25) is 5.02 Å². The first-order valence-electron chi connectivity index (χ1n) is 7.02. The van der Waals surface area contributed by atoms with Crippen molar-refractivity contribution in [2.75, 3.05) is 11.4 Å². The number of benzene rings is 1. The lowest BCUT2D eigenvalue weighted by molar-refractivity contribution is -0.120. The smallest absolute Gasteiger partial charge is 0.312 e. The van der Waals surface area contributed by atoms with E-state index in [0.29, 0.717) is 23.2 Å². The van der Waals surface area contributed by atoms with Crippen LogP contribution < -0.4 is 4.90 Å². The summed E-state index contributed by atoms with van der Waals surface area (Å²) < 4.78 is 0. The van der Waals surface area contributed by atoms with Gasteiger partial charge in [0, 0.05) is 6.54 Å². The van der Waals surface area contributed by atoms with Gasteiger partial charge in [-0.1, -0.05) is 37.1 Å². The molecule has 1 aromatic carbocycles. The molecule has 2 aliphatic heterocycles. The maximum Gasteiger partial charge on any atom is 0.332 e. The molecule has 0 aromatic heterocycles. The number of nitrogens with zero attached hydrogens (tertiary/aromatic N) is 2. The Morgan fingerprint density at radius 1 is 1.30 bits per heavy atom. The van der Waals surface area contributed by atoms with Gasteiger partial charge in [-0.2, -0.15) is 0 Å². The largest absolute Gasteiger partial charge is 0.332 e. The number of carbonyl (C=O) groups excluding carboxylic acids is 2. The third-order valence-electron chi connectivity index (χ3n) is 4.32. The first-order valence-corrected chi connectivity index (χ1v) is 7.40. The summed E-state index contributed by atoms with van der Waals surface area (Å²) in [5, 5.41) is 0.432. The van der Waals surface area contributed by atoms with Crippen LogP contribution in [0.1, 0.15) is 26.2 Å². The first-order chi connectivity index (χ1) is 9.63. The van der Waals surface area contributed by atoms with E-state index in [4.69, 9.17) is 11.6 Å². The van der Waals surface area contributed by atoms with Crippen LogP contribution >= 0.6 is 11.6 Å². The van der Waals surface area contributed by atoms with Gasteiger partial charge in [-0.25, -0.2) is 9.69 Å². The Labute approximate surface area is 123 Å². The summed E-state index contributed by atoms with van der Waals surface area (Å²) in [7, 11) is 0. The SMILES string of the molecule is CCC1CCN2C(=O)N(c3ccccc3Cl)C(=O)C2C1. The Morgan fingerprint density at radius 2 is 2.05 bits per heavy atom. The molecule has 2 fully saturated rings. The van der Waals surface area contributed by atoms with Crippen LogP contribution in [-0.2, 0) is 4.79 Å². The number of imide groups is 1. The normalized spacial score (nSPS) is 26.1. The van der Waals surface area contributed by atoms with Crippen molar-refractivity contribution in [2.24, 2.45) is 5.92 Å². The van der Waals surface area contributed by atoms with Crippen LogP contribution in [0.5, 0.6) is 0 Å². The number of rotatable bonds is 2. The van der Waals surface area contributed by atoms with Crippen LogP contribution in [0.4, 0.5) is 10.5 Å². The van der Waals surface area contributed by atoms with Crippen molar-refractivity contribution in [2.45, 2.75) is 32.2 Å². The average molecular weight is 293 g/mol. The zero-order valence-electron chi connectivity index (χ0n) is 11.4. The van der Waals surface area contributed by atoms with Crippen molar-refractivity contribution in [3.05, 3.63) is 29.3 Å². The maximum atomic E-state index is 12.6. The lowest BCUT2D eigenvalue weighted by Gasteiger charge is -2.31. The zero-order valence-corrected chi connectivity index (χ0v) is 12.1. The summed E-state index contributed by atoms with van der Waals surface area (Å²) in [6, 6.07) is 6.45. The zero-order chi connectivity index (χ0) is 14.3. The number of hydrogen-bond donors (Lipinski definition) is 0. The molecule has 0 radical (unpaired) electrons. The van der Waals surface area contributed by atoms with E-state index in [1.165, 1.54) is 4.90 Å². The Balaban J connectivity index is 1.93. The molecule has 1 aromatic rings. The fourth-order valence-corrected chi connectivity index (χ4v) is 3.32. The van der Waals surface area contributed by atoms with Crippen LogP contribution in [-0.4, -0.2) is 29.4 Å². The van der Waals surface area contributed by atoms with Crippen molar-refractivity contribution < 1.29 is 9.59 Å². The highest BCUT2D eigenvalue weighted by atomic mass is 35.5. The standard InChI is InChI=1S/C15H17ClN2O2/c1-2-10-7-8-17-13(9-10)14(19)18(15(17)20)12-6-4-3-5-11(12)16/h3-6,10,13H,2,7-9H2,1H3. The minimum atomic E-state index is -0.308. The average Bonchev–Trinajstić information content (AvgIpc) is 2.71. The topological polar surface area (TPSA) is 40.6 Å². The van der Waals surface area contributed by atoms with Gasteiger partial charge in [-0.3, -0.25) is 4.79 Å². The Kier molecular flexibility index (Phi) is 3.42. The molecule has 2 atom stereocenters. The molecule has 0 bridgehead atoms. The molecule has 5 heteroatoms. The van der Waals surface area contributed by atoms with E-state index in [9.17, 15) is 9.59 Å². The fraction of sp³-hybridized carbons (Fsp3) is 0.467. The van der Waals surface area contributed by atoms with Crippen molar-refractivity contribution in [1.29, 1.82) is 0 Å². The summed E-state index contributed by atoms with van der Waals surface area (Å²) in [6.45, 7) is 2.79. The molecule has 20 heavy (non-hydrogen) atoms. The predicted octanol–water partition coefficient (Wildman–Crippen LogP) is 3.30. The minimum Gasteiger partial charge on any atom is -0.312 e. The Morgan fingerprint density at radius 3 is 2.75 bits per heavy atom. The number of carbonyl (C=O) groups is 2. The lowest BCUT2D eigenvalue weighted by Crippen LogP contribution is -2.42. The molecule has 106 valence electrons. The molecule has 2 saturated heterocycles. The van der Waals surface area contributed by atoms with Crippen molar-refractivity contribution in [3.63, 3.8) is 0 Å². The summed E-state index contributed by atoms with van der Waals surface area (Å²) >= 11 is 6.12. The van der Waals surface area contributed by atoms with Gasteiger partial charge >= 0.3 is 6.03 Å². The molecule has 0 saturated carbocycles. The highest BCUT2D eigenvalue weighted by molar-refractivity contribution is 6.35.